The molecular formula is C19H33Cl2N3O2. The zero-order valence-electron chi connectivity index (χ0n) is 16.2. The summed E-state index contributed by atoms with van der Waals surface area (Å²) < 4.78 is 5.31. The minimum absolute atomic E-state index is 0. The van der Waals surface area contributed by atoms with Gasteiger partial charge in [-0.2, -0.15) is 0 Å². The van der Waals surface area contributed by atoms with Gasteiger partial charge in [-0.15, -0.1) is 24.8 Å². The van der Waals surface area contributed by atoms with Crippen molar-refractivity contribution in [2.45, 2.75) is 39.3 Å². The lowest BCUT2D eigenvalue weighted by atomic mass is 10.0. The molecule has 150 valence electrons. The molecule has 2 N–H and O–H groups in total. The Hall–Kier alpha value is -1.01. The predicted octanol–water partition coefficient (Wildman–Crippen LogP) is 3.12. The number of benzene rings is 1. The fourth-order valence-corrected chi connectivity index (χ4v) is 3.28. The third-order valence-electron chi connectivity index (χ3n) is 4.79. The highest BCUT2D eigenvalue weighted by Gasteiger charge is 2.27. The standard InChI is InChI=1S/C19H31N3O2.2ClH/c1-14(2)12-18(20)19(23)22-10-8-21(9-11-22)15(3)16-6-5-7-17(13-16)24-4;;/h5-7,13-15,18H,8-12,20H2,1-4H3;2*1H/t15?,18-;;/m0../s1. The summed E-state index contributed by atoms with van der Waals surface area (Å²) in [7, 11) is 1.69. The number of carbonyl (C=O) groups is 1. The summed E-state index contributed by atoms with van der Waals surface area (Å²) in [5.41, 5.74) is 7.29. The monoisotopic (exact) mass is 405 g/mol. The van der Waals surface area contributed by atoms with E-state index in [1.54, 1.807) is 7.11 Å². The van der Waals surface area contributed by atoms with Crippen molar-refractivity contribution in [2.24, 2.45) is 11.7 Å². The first kappa shape index (κ1) is 25.0. The van der Waals surface area contributed by atoms with Crippen LogP contribution in [0.2, 0.25) is 0 Å². The highest BCUT2D eigenvalue weighted by atomic mass is 35.5. The average molecular weight is 406 g/mol. The molecule has 0 saturated carbocycles. The van der Waals surface area contributed by atoms with E-state index >= 15 is 0 Å². The molecule has 1 aliphatic rings. The van der Waals surface area contributed by atoms with Crippen LogP contribution in [-0.4, -0.2) is 55.0 Å². The largest absolute Gasteiger partial charge is 0.497 e. The van der Waals surface area contributed by atoms with E-state index in [0.29, 0.717) is 12.0 Å². The van der Waals surface area contributed by atoms with E-state index in [1.807, 2.05) is 17.0 Å². The van der Waals surface area contributed by atoms with Crippen LogP contribution < -0.4 is 10.5 Å². The summed E-state index contributed by atoms with van der Waals surface area (Å²) in [6.45, 7) is 9.65. The number of methoxy groups -OCH3 is 1. The second kappa shape index (κ2) is 11.7. The minimum atomic E-state index is -0.368. The Morgan fingerprint density at radius 1 is 1.15 bits per heavy atom. The Kier molecular flexibility index (Phi) is 11.2. The number of hydrogen-bond acceptors (Lipinski definition) is 4. The highest BCUT2D eigenvalue weighted by Crippen LogP contribution is 2.25. The molecule has 5 nitrogen and oxygen atoms in total. The molecule has 1 heterocycles. The maximum absolute atomic E-state index is 12.4. The maximum Gasteiger partial charge on any atom is 0.239 e. The molecule has 0 spiro atoms. The number of rotatable bonds is 6. The van der Waals surface area contributed by atoms with Crippen LogP contribution in [-0.2, 0) is 4.79 Å². The number of carbonyl (C=O) groups excluding carboxylic acids is 1. The van der Waals surface area contributed by atoms with Crippen LogP contribution in [0.4, 0.5) is 0 Å². The average Bonchev–Trinajstić information content (AvgIpc) is 2.60. The Morgan fingerprint density at radius 2 is 1.77 bits per heavy atom. The molecule has 2 atom stereocenters. The molecule has 0 aliphatic carbocycles. The molecule has 2 rings (SSSR count). The van der Waals surface area contributed by atoms with E-state index in [4.69, 9.17) is 10.5 Å². The quantitative estimate of drug-likeness (QED) is 0.789. The third kappa shape index (κ3) is 6.62. The van der Waals surface area contributed by atoms with Crippen molar-refractivity contribution in [3.8, 4) is 5.75 Å². The number of halogens is 2. The topological polar surface area (TPSA) is 58.8 Å². The first-order valence-electron chi connectivity index (χ1n) is 8.84. The van der Waals surface area contributed by atoms with Gasteiger partial charge in [-0.3, -0.25) is 9.69 Å². The zero-order valence-corrected chi connectivity index (χ0v) is 17.8. The van der Waals surface area contributed by atoms with Gasteiger partial charge in [0.2, 0.25) is 5.91 Å². The number of nitrogens with zero attached hydrogens (tertiary/aromatic N) is 2. The van der Waals surface area contributed by atoms with Gasteiger partial charge >= 0.3 is 0 Å². The zero-order chi connectivity index (χ0) is 17.7. The van der Waals surface area contributed by atoms with Crippen molar-refractivity contribution >= 4 is 30.7 Å². The first-order valence-corrected chi connectivity index (χ1v) is 8.84. The summed E-state index contributed by atoms with van der Waals surface area (Å²) in [6.07, 6.45) is 0.749. The van der Waals surface area contributed by atoms with E-state index < -0.39 is 0 Å². The predicted molar refractivity (Wildman–Crippen MR) is 111 cm³/mol. The second-order valence-electron chi connectivity index (χ2n) is 7.05. The van der Waals surface area contributed by atoms with Gasteiger partial charge in [0.25, 0.3) is 0 Å². The molecule has 0 radical (unpaired) electrons. The number of ether oxygens (including phenoxy) is 1. The van der Waals surface area contributed by atoms with Gasteiger partial charge in [-0.1, -0.05) is 26.0 Å². The molecular weight excluding hydrogens is 373 g/mol. The van der Waals surface area contributed by atoms with Crippen LogP contribution >= 0.6 is 24.8 Å². The van der Waals surface area contributed by atoms with Crippen LogP contribution in [0.25, 0.3) is 0 Å². The van der Waals surface area contributed by atoms with Gasteiger partial charge in [-0.25, -0.2) is 0 Å². The van der Waals surface area contributed by atoms with E-state index in [1.165, 1.54) is 5.56 Å². The fraction of sp³-hybridized carbons (Fsp3) is 0.632. The van der Waals surface area contributed by atoms with Gasteiger partial charge in [0.1, 0.15) is 5.75 Å². The summed E-state index contributed by atoms with van der Waals surface area (Å²) in [6, 6.07) is 8.14. The number of piperazine rings is 1. The second-order valence-corrected chi connectivity index (χ2v) is 7.05. The van der Waals surface area contributed by atoms with E-state index in [2.05, 4.69) is 37.8 Å². The summed E-state index contributed by atoms with van der Waals surface area (Å²) in [4.78, 5) is 16.8. The maximum atomic E-state index is 12.4. The molecule has 0 bridgehead atoms. The van der Waals surface area contributed by atoms with Crippen molar-refractivity contribution in [3.05, 3.63) is 29.8 Å². The van der Waals surface area contributed by atoms with E-state index in [0.717, 1.165) is 38.3 Å². The van der Waals surface area contributed by atoms with Gasteiger partial charge in [-0.05, 0) is 37.0 Å². The molecule has 1 fully saturated rings. The van der Waals surface area contributed by atoms with Crippen molar-refractivity contribution in [2.75, 3.05) is 33.3 Å². The molecule has 0 aromatic heterocycles. The van der Waals surface area contributed by atoms with Crippen LogP contribution in [0.5, 0.6) is 5.75 Å². The molecule has 1 aliphatic heterocycles. The highest BCUT2D eigenvalue weighted by molar-refractivity contribution is 5.85. The Balaban J connectivity index is 0.00000312. The summed E-state index contributed by atoms with van der Waals surface area (Å²) >= 11 is 0. The third-order valence-corrected chi connectivity index (χ3v) is 4.79. The van der Waals surface area contributed by atoms with Crippen molar-refractivity contribution < 1.29 is 9.53 Å². The van der Waals surface area contributed by atoms with Crippen LogP contribution in [0.3, 0.4) is 0 Å². The van der Waals surface area contributed by atoms with Gasteiger partial charge in [0, 0.05) is 32.2 Å². The smallest absolute Gasteiger partial charge is 0.239 e. The molecule has 1 unspecified atom stereocenters. The minimum Gasteiger partial charge on any atom is -0.497 e. The van der Waals surface area contributed by atoms with Crippen molar-refractivity contribution in [1.82, 2.24) is 9.80 Å². The van der Waals surface area contributed by atoms with Gasteiger partial charge in [0.05, 0.1) is 13.2 Å². The van der Waals surface area contributed by atoms with Crippen LogP contribution in [0, 0.1) is 5.92 Å². The molecule has 1 saturated heterocycles. The normalized spacial score (nSPS) is 17.1. The van der Waals surface area contributed by atoms with E-state index in [9.17, 15) is 4.79 Å². The van der Waals surface area contributed by atoms with Crippen LogP contribution in [0.1, 0.15) is 38.8 Å². The number of nitrogens with two attached hydrogens (primary N) is 1. The Bertz CT molecular complexity index is 549. The lowest BCUT2D eigenvalue weighted by Gasteiger charge is -2.39. The number of hydrogen-bond donors (Lipinski definition) is 1. The van der Waals surface area contributed by atoms with Gasteiger partial charge < -0.3 is 15.4 Å². The van der Waals surface area contributed by atoms with Crippen molar-refractivity contribution in [3.63, 3.8) is 0 Å². The number of amides is 1. The van der Waals surface area contributed by atoms with E-state index in [-0.39, 0.29) is 36.8 Å². The summed E-state index contributed by atoms with van der Waals surface area (Å²) in [5.74, 6) is 1.42. The van der Waals surface area contributed by atoms with Crippen LogP contribution in [0.15, 0.2) is 24.3 Å². The Labute approximate surface area is 170 Å². The molecule has 1 aromatic rings. The lowest BCUT2D eigenvalue weighted by Crippen LogP contribution is -2.53. The van der Waals surface area contributed by atoms with Crippen molar-refractivity contribution in [1.29, 1.82) is 0 Å². The summed E-state index contributed by atoms with van der Waals surface area (Å²) in [5, 5.41) is 0. The molecule has 7 heteroatoms. The molecule has 26 heavy (non-hydrogen) atoms. The first-order chi connectivity index (χ1) is 11.4. The molecule has 1 amide bonds. The van der Waals surface area contributed by atoms with Gasteiger partial charge in [0.15, 0.2) is 0 Å². The fourth-order valence-electron chi connectivity index (χ4n) is 3.28. The molecule has 1 aromatic carbocycles. The SMILES string of the molecule is COc1cccc(C(C)N2CCN(C(=O)[C@@H](N)CC(C)C)CC2)c1.Cl.Cl. The lowest BCUT2D eigenvalue weighted by molar-refractivity contribution is -0.135. The Morgan fingerprint density at radius 3 is 2.31 bits per heavy atom.